The number of ketones is 1. The third-order valence-corrected chi connectivity index (χ3v) is 2.86. The summed E-state index contributed by atoms with van der Waals surface area (Å²) in [5, 5.41) is 3.16. The number of methoxy groups -OCH3 is 1. The van der Waals surface area contributed by atoms with Gasteiger partial charge in [0.2, 0.25) is 0 Å². The summed E-state index contributed by atoms with van der Waals surface area (Å²) in [4.78, 5) is 12.3. The molecule has 1 saturated heterocycles. The molecule has 0 bridgehead atoms. The minimum Gasteiger partial charge on any atom is -0.496 e. The molecule has 1 aromatic rings. The van der Waals surface area contributed by atoms with Crippen molar-refractivity contribution < 1.29 is 14.3 Å². The lowest BCUT2D eigenvalue weighted by atomic mass is 10.0. The maximum absolute atomic E-state index is 12.3. The van der Waals surface area contributed by atoms with Gasteiger partial charge in [0.25, 0.3) is 0 Å². The van der Waals surface area contributed by atoms with E-state index < -0.39 is 0 Å². The molecule has 0 aromatic heterocycles. The molecule has 0 aliphatic carbocycles. The molecule has 0 saturated carbocycles. The standard InChI is InChI=1S/C13H17NO3/c1-9-3-4-12(16-2)10(7-9)13(15)11-8-17-6-5-14-11/h3-4,7,11,14H,5-6,8H2,1-2H3. The average molecular weight is 235 g/mol. The van der Waals surface area contributed by atoms with Gasteiger partial charge in [0.05, 0.1) is 31.9 Å². The van der Waals surface area contributed by atoms with Crippen LogP contribution in [0.25, 0.3) is 0 Å². The third kappa shape index (κ3) is 2.65. The fourth-order valence-electron chi connectivity index (χ4n) is 1.94. The fourth-order valence-corrected chi connectivity index (χ4v) is 1.94. The Balaban J connectivity index is 2.25. The topological polar surface area (TPSA) is 47.6 Å². The quantitative estimate of drug-likeness (QED) is 0.799. The number of nitrogens with one attached hydrogen (secondary N) is 1. The Kier molecular flexibility index (Phi) is 3.76. The van der Waals surface area contributed by atoms with Gasteiger partial charge < -0.3 is 14.8 Å². The molecule has 4 nitrogen and oxygen atoms in total. The molecule has 0 amide bonds. The summed E-state index contributed by atoms with van der Waals surface area (Å²) in [7, 11) is 1.58. The highest BCUT2D eigenvalue weighted by atomic mass is 16.5. The van der Waals surface area contributed by atoms with Crippen LogP contribution < -0.4 is 10.1 Å². The first-order chi connectivity index (χ1) is 8.22. The minimum absolute atomic E-state index is 0.0326. The second kappa shape index (κ2) is 5.29. The highest BCUT2D eigenvalue weighted by Gasteiger charge is 2.24. The molecule has 92 valence electrons. The number of aryl methyl sites for hydroxylation is 1. The molecule has 1 unspecified atom stereocenters. The zero-order valence-corrected chi connectivity index (χ0v) is 10.2. The van der Waals surface area contributed by atoms with Gasteiger partial charge in [-0.15, -0.1) is 0 Å². The molecule has 0 radical (unpaired) electrons. The normalized spacial score (nSPS) is 20.0. The van der Waals surface area contributed by atoms with Gasteiger partial charge in [0.1, 0.15) is 5.75 Å². The predicted molar refractivity (Wildman–Crippen MR) is 64.7 cm³/mol. The highest BCUT2D eigenvalue weighted by Crippen LogP contribution is 2.21. The van der Waals surface area contributed by atoms with E-state index in [4.69, 9.17) is 9.47 Å². The molecule has 1 aromatic carbocycles. The Morgan fingerprint density at radius 2 is 2.35 bits per heavy atom. The van der Waals surface area contributed by atoms with Gasteiger partial charge in [0, 0.05) is 6.54 Å². The number of hydrogen-bond donors (Lipinski definition) is 1. The largest absolute Gasteiger partial charge is 0.496 e. The van der Waals surface area contributed by atoms with Crippen LogP contribution in [0.15, 0.2) is 18.2 Å². The van der Waals surface area contributed by atoms with Gasteiger partial charge in [0.15, 0.2) is 5.78 Å². The van der Waals surface area contributed by atoms with Crippen molar-refractivity contribution in [1.82, 2.24) is 5.32 Å². The molecule has 1 aliphatic heterocycles. The fraction of sp³-hybridized carbons (Fsp3) is 0.462. The van der Waals surface area contributed by atoms with E-state index in [1.807, 2.05) is 25.1 Å². The van der Waals surface area contributed by atoms with Crippen LogP contribution in [0.1, 0.15) is 15.9 Å². The molecular formula is C13H17NO3. The lowest BCUT2D eigenvalue weighted by molar-refractivity contribution is 0.0605. The van der Waals surface area contributed by atoms with Crippen LogP contribution in [0, 0.1) is 6.92 Å². The van der Waals surface area contributed by atoms with E-state index in [0.29, 0.717) is 31.1 Å². The first kappa shape index (κ1) is 12.1. The van der Waals surface area contributed by atoms with E-state index in [1.165, 1.54) is 0 Å². The van der Waals surface area contributed by atoms with Crippen LogP contribution >= 0.6 is 0 Å². The van der Waals surface area contributed by atoms with Crippen molar-refractivity contribution >= 4 is 5.78 Å². The van der Waals surface area contributed by atoms with Gasteiger partial charge in [-0.3, -0.25) is 4.79 Å². The number of benzene rings is 1. The molecule has 1 heterocycles. The summed E-state index contributed by atoms with van der Waals surface area (Å²) in [5.41, 5.74) is 1.67. The van der Waals surface area contributed by atoms with Gasteiger partial charge in [-0.25, -0.2) is 0 Å². The van der Waals surface area contributed by atoms with E-state index in [1.54, 1.807) is 7.11 Å². The first-order valence-electron chi connectivity index (χ1n) is 5.72. The number of ether oxygens (including phenoxy) is 2. The smallest absolute Gasteiger partial charge is 0.185 e. The molecule has 1 N–H and O–H groups in total. The van der Waals surface area contributed by atoms with Crippen LogP contribution in [0.4, 0.5) is 0 Å². The van der Waals surface area contributed by atoms with Crippen LogP contribution in [0.3, 0.4) is 0 Å². The van der Waals surface area contributed by atoms with Crippen LogP contribution in [0.5, 0.6) is 5.75 Å². The van der Waals surface area contributed by atoms with Crippen LogP contribution in [-0.4, -0.2) is 38.7 Å². The van der Waals surface area contributed by atoms with Gasteiger partial charge >= 0.3 is 0 Å². The molecule has 0 spiro atoms. The van der Waals surface area contributed by atoms with E-state index in [0.717, 1.165) is 5.56 Å². The zero-order chi connectivity index (χ0) is 12.3. The molecule has 2 rings (SSSR count). The Morgan fingerprint density at radius 1 is 1.53 bits per heavy atom. The lowest BCUT2D eigenvalue weighted by Crippen LogP contribution is -2.46. The average Bonchev–Trinajstić information content (AvgIpc) is 2.39. The number of Topliss-reactive ketones (excluding diaryl/α,β-unsaturated/α-hetero) is 1. The SMILES string of the molecule is COc1ccc(C)cc1C(=O)C1COCCN1. The maximum atomic E-state index is 12.3. The van der Waals surface area contributed by atoms with Crippen molar-refractivity contribution in [3.63, 3.8) is 0 Å². The molecule has 4 heteroatoms. The second-order valence-electron chi connectivity index (χ2n) is 4.15. The molecule has 17 heavy (non-hydrogen) atoms. The van der Waals surface area contributed by atoms with Gasteiger partial charge in [-0.1, -0.05) is 11.6 Å². The summed E-state index contributed by atoms with van der Waals surface area (Å²) in [6, 6.07) is 5.35. The van der Waals surface area contributed by atoms with Crippen molar-refractivity contribution in [3.8, 4) is 5.75 Å². The van der Waals surface area contributed by atoms with Crippen molar-refractivity contribution in [1.29, 1.82) is 0 Å². The molecular weight excluding hydrogens is 218 g/mol. The van der Waals surface area contributed by atoms with Crippen molar-refractivity contribution in [2.24, 2.45) is 0 Å². The first-order valence-corrected chi connectivity index (χ1v) is 5.72. The Bertz CT molecular complexity index is 411. The number of rotatable bonds is 3. The zero-order valence-electron chi connectivity index (χ0n) is 10.2. The van der Waals surface area contributed by atoms with Crippen LogP contribution in [-0.2, 0) is 4.74 Å². The van der Waals surface area contributed by atoms with Crippen molar-refractivity contribution in [2.75, 3.05) is 26.9 Å². The summed E-state index contributed by atoms with van der Waals surface area (Å²) in [5.74, 6) is 0.651. The Hall–Kier alpha value is -1.39. The van der Waals surface area contributed by atoms with E-state index in [2.05, 4.69) is 5.32 Å². The van der Waals surface area contributed by atoms with Gasteiger partial charge in [-0.2, -0.15) is 0 Å². The number of carbonyl (C=O) groups excluding carboxylic acids is 1. The summed E-state index contributed by atoms with van der Waals surface area (Å²) < 4.78 is 10.5. The summed E-state index contributed by atoms with van der Waals surface area (Å²) in [6.07, 6.45) is 0. The minimum atomic E-state index is -0.264. The summed E-state index contributed by atoms with van der Waals surface area (Å²) in [6.45, 7) is 3.76. The van der Waals surface area contributed by atoms with Gasteiger partial charge in [-0.05, 0) is 19.1 Å². The number of morpholine rings is 1. The lowest BCUT2D eigenvalue weighted by Gasteiger charge is -2.23. The predicted octanol–water partition coefficient (Wildman–Crippen LogP) is 1.17. The monoisotopic (exact) mass is 235 g/mol. The van der Waals surface area contributed by atoms with Crippen molar-refractivity contribution in [3.05, 3.63) is 29.3 Å². The molecule has 1 fully saturated rings. The maximum Gasteiger partial charge on any atom is 0.185 e. The Labute approximate surface area is 101 Å². The number of carbonyl (C=O) groups is 1. The van der Waals surface area contributed by atoms with Crippen LogP contribution in [0.2, 0.25) is 0 Å². The second-order valence-corrected chi connectivity index (χ2v) is 4.15. The van der Waals surface area contributed by atoms with E-state index in [9.17, 15) is 4.79 Å². The number of hydrogen-bond acceptors (Lipinski definition) is 4. The highest BCUT2D eigenvalue weighted by molar-refractivity contribution is 6.02. The van der Waals surface area contributed by atoms with E-state index in [-0.39, 0.29) is 11.8 Å². The molecule has 1 atom stereocenters. The Morgan fingerprint density at radius 3 is 3.00 bits per heavy atom. The van der Waals surface area contributed by atoms with Crippen molar-refractivity contribution in [2.45, 2.75) is 13.0 Å². The van der Waals surface area contributed by atoms with E-state index >= 15 is 0 Å². The molecule has 1 aliphatic rings. The third-order valence-electron chi connectivity index (χ3n) is 2.86. The summed E-state index contributed by atoms with van der Waals surface area (Å²) >= 11 is 0.